The van der Waals surface area contributed by atoms with Gasteiger partial charge in [0.1, 0.15) is 11.4 Å². The van der Waals surface area contributed by atoms with Crippen LogP contribution in [-0.2, 0) is 0 Å². The summed E-state index contributed by atoms with van der Waals surface area (Å²) in [4.78, 5) is 37.2. The summed E-state index contributed by atoms with van der Waals surface area (Å²) < 4.78 is 15.6. The molecule has 2 N–H and O–H groups in total. The van der Waals surface area contributed by atoms with Gasteiger partial charge in [0.25, 0.3) is 0 Å². The Morgan fingerprint density at radius 1 is 0.960 bits per heavy atom. The lowest BCUT2D eigenvalue weighted by molar-refractivity contribution is -0.386. The highest BCUT2D eigenvalue weighted by molar-refractivity contribution is 5.75. The van der Waals surface area contributed by atoms with E-state index >= 15 is 0 Å². The molecule has 1 aromatic carbocycles. The van der Waals surface area contributed by atoms with Crippen molar-refractivity contribution in [2.24, 2.45) is 0 Å². The average molecular weight is 349 g/mol. The van der Waals surface area contributed by atoms with Crippen molar-refractivity contribution in [3.63, 3.8) is 0 Å². The molecule has 0 bridgehead atoms. The minimum Gasteiger partial charge on any atom is -0.496 e. The van der Waals surface area contributed by atoms with Crippen LogP contribution in [0.5, 0.6) is 17.2 Å². The number of rotatable bonds is 6. The zero-order chi connectivity index (χ0) is 18.6. The van der Waals surface area contributed by atoms with E-state index in [4.69, 9.17) is 14.2 Å². The fourth-order valence-corrected chi connectivity index (χ4v) is 2.16. The van der Waals surface area contributed by atoms with Crippen molar-refractivity contribution in [3.05, 3.63) is 54.3 Å². The summed E-state index contributed by atoms with van der Waals surface area (Å²) in [5.74, 6) is 1.26. The zero-order valence-corrected chi connectivity index (χ0v) is 13.6. The Labute approximate surface area is 140 Å². The molecule has 0 spiro atoms. The highest BCUT2D eigenvalue weighted by atomic mass is 16.6. The smallest absolute Gasteiger partial charge is 0.357 e. The van der Waals surface area contributed by atoms with Crippen molar-refractivity contribution in [2.45, 2.75) is 0 Å². The number of hydrogen-bond donors (Lipinski definition) is 2. The first-order valence-corrected chi connectivity index (χ1v) is 6.90. The lowest BCUT2D eigenvalue weighted by Crippen LogP contribution is -2.25. The third-order valence-corrected chi connectivity index (χ3v) is 3.29. The Morgan fingerprint density at radius 3 is 2.12 bits per heavy atom. The third-order valence-electron chi connectivity index (χ3n) is 3.29. The van der Waals surface area contributed by atoms with Crippen LogP contribution in [0.2, 0.25) is 0 Å². The van der Waals surface area contributed by atoms with Crippen molar-refractivity contribution in [3.8, 4) is 17.2 Å². The first kappa shape index (κ1) is 17.8. The fraction of sp³-hybridized carbons (Fsp3) is 0.200. The summed E-state index contributed by atoms with van der Waals surface area (Å²) in [6.45, 7) is 0. The molecule has 0 saturated carbocycles. The molecule has 0 unspecified atom stereocenters. The van der Waals surface area contributed by atoms with Crippen LogP contribution in [0.1, 0.15) is 11.3 Å². The van der Waals surface area contributed by atoms with Crippen LogP contribution in [0.4, 0.5) is 5.69 Å². The molecule has 132 valence electrons. The largest absolute Gasteiger partial charge is 0.496 e. The summed E-state index contributed by atoms with van der Waals surface area (Å²) in [5.41, 5.74) is -2.45. The van der Waals surface area contributed by atoms with E-state index in [0.29, 0.717) is 22.8 Å². The molecule has 10 nitrogen and oxygen atoms in total. The molecule has 0 aliphatic carbocycles. The minimum atomic E-state index is -1.09. The Morgan fingerprint density at radius 2 is 1.56 bits per heavy atom. The van der Waals surface area contributed by atoms with E-state index in [9.17, 15) is 19.7 Å². The van der Waals surface area contributed by atoms with Crippen molar-refractivity contribution in [1.82, 2.24) is 9.97 Å². The second-order valence-corrected chi connectivity index (χ2v) is 4.71. The molecule has 0 saturated heterocycles. The topological polar surface area (TPSA) is 137 Å². The number of H-pyrrole nitrogens is 2. The Balaban J connectivity index is 2.59. The number of methoxy groups -OCH3 is 3. The maximum Gasteiger partial charge on any atom is 0.357 e. The molecular formula is C15H15N3O7. The van der Waals surface area contributed by atoms with Gasteiger partial charge in [-0.25, -0.2) is 4.79 Å². The summed E-state index contributed by atoms with van der Waals surface area (Å²) in [5, 5.41) is 11.0. The van der Waals surface area contributed by atoms with E-state index in [1.54, 1.807) is 12.1 Å². The number of nitro groups is 1. The van der Waals surface area contributed by atoms with E-state index in [0.717, 1.165) is 0 Å². The highest BCUT2D eigenvalue weighted by Gasteiger charge is 2.19. The van der Waals surface area contributed by atoms with Crippen LogP contribution in [0, 0.1) is 10.1 Å². The standard InChI is InChI=1S/C15H15N3O7/c1-23-10-7-12(25-3)11(24-2)6-8(10)4-5-9-13(18(21)22)14(19)17-15(20)16-9/h4-7H,1-3H3,(H2,16,17,19,20). The van der Waals surface area contributed by atoms with Gasteiger partial charge in [-0.05, 0) is 18.2 Å². The van der Waals surface area contributed by atoms with E-state index in [2.05, 4.69) is 4.98 Å². The monoisotopic (exact) mass is 349 g/mol. The van der Waals surface area contributed by atoms with Crippen LogP contribution in [-0.4, -0.2) is 36.2 Å². The molecule has 0 amide bonds. The first-order valence-electron chi connectivity index (χ1n) is 6.90. The number of ether oxygens (including phenoxy) is 3. The zero-order valence-electron chi connectivity index (χ0n) is 13.6. The van der Waals surface area contributed by atoms with E-state index in [1.807, 2.05) is 4.98 Å². The van der Waals surface area contributed by atoms with Crippen molar-refractivity contribution in [1.29, 1.82) is 0 Å². The molecule has 10 heteroatoms. The molecule has 0 radical (unpaired) electrons. The van der Waals surface area contributed by atoms with Gasteiger partial charge in [0, 0.05) is 11.6 Å². The predicted molar refractivity (Wildman–Crippen MR) is 89.4 cm³/mol. The second-order valence-electron chi connectivity index (χ2n) is 4.71. The molecule has 0 fully saturated rings. The number of benzene rings is 1. The molecule has 1 aromatic heterocycles. The number of aromatic nitrogens is 2. The third kappa shape index (κ3) is 3.68. The number of nitrogens with one attached hydrogen (secondary N) is 2. The number of nitrogens with zero attached hydrogens (tertiary/aromatic N) is 1. The Hall–Kier alpha value is -3.56. The lowest BCUT2D eigenvalue weighted by atomic mass is 10.1. The summed E-state index contributed by atoms with van der Waals surface area (Å²) in [7, 11) is 4.37. The van der Waals surface area contributed by atoms with Crippen molar-refractivity contribution >= 4 is 17.8 Å². The molecule has 2 rings (SSSR count). The Bertz CT molecular complexity index is 943. The SMILES string of the molecule is COc1cc(OC)c(OC)cc1C=Cc1[nH]c(=O)[nH]c(=O)c1[N+](=O)[O-]. The van der Waals surface area contributed by atoms with Gasteiger partial charge in [0.2, 0.25) is 0 Å². The summed E-state index contributed by atoms with van der Waals surface area (Å²) >= 11 is 0. The quantitative estimate of drug-likeness (QED) is 0.590. The van der Waals surface area contributed by atoms with Gasteiger partial charge in [0.05, 0.1) is 26.3 Å². The lowest BCUT2D eigenvalue weighted by Gasteiger charge is -2.12. The Kier molecular flexibility index (Phi) is 5.22. The molecule has 0 aliphatic heterocycles. The van der Waals surface area contributed by atoms with Gasteiger partial charge < -0.3 is 19.2 Å². The molecule has 1 heterocycles. The van der Waals surface area contributed by atoms with Crippen LogP contribution < -0.4 is 25.5 Å². The van der Waals surface area contributed by atoms with E-state index in [-0.39, 0.29) is 5.69 Å². The summed E-state index contributed by atoms with van der Waals surface area (Å²) in [6.07, 6.45) is 2.68. The summed E-state index contributed by atoms with van der Waals surface area (Å²) in [6, 6.07) is 3.17. The molecule has 0 atom stereocenters. The van der Waals surface area contributed by atoms with Crippen LogP contribution >= 0.6 is 0 Å². The minimum absolute atomic E-state index is 0.240. The van der Waals surface area contributed by atoms with Gasteiger partial charge in [-0.15, -0.1) is 0 Å². The van der Waals surface area contributed by atoms with Gasteiger partial charge in [0.15, 0.2) is 11.5 Å². The maximum absolute atomic E-state index is 11.6. The predicted octanol–water partition coefficient (Wildman–Crippen LogP) is 1.17. The average Bonchev–Trinajstić information content (AvgIpc) is 2.57. The second kappa shape index (κ2) is 7.34. The van der Waals surface area contributed by atoms with Crippen LogP contribution in [0.25, 0.3) is 12.2 Å². The van der Waals surface area contributed by atoms with Crippen molar-refractivity contribution in [2.75, 3.05) is 21.3 Å². The van der Waals surface area contributed by atoms with Gasteiger partial charge in [-0.1, -0.05) is 0 Å². The highest BCUT2D eigenvalue weighted by Crippen LogP contribution is 2.35. The van der Waals surface area contributed by atoms with Crippen LogP contribution in [0.15, 0.2) is 21.7 Å². The molecule has 25 heavy (non-hydrogen) atoms. The number of aromatic amines is 2. The maximum atomic E-state index is 11.6. The van der Waals surface area contributed by atoms with Crippen molar-refractivity contribution < 1.29 is 19.1 Å². The van der Waals surface area contributed by atoms with E-state index in [1.165, 1.54) is 33.5 Å². The molecular weight excluding hydrogens is 334 g/mol. The van der Waals surface area contributed by atoms with Gasteiger partial charge >= 0.3 is 16.9 Å². The van der Waals surface area contributed by atoms with E-state index < -0.39 is 21.9 Å². The van der Waals surface area contributed by atoms with Gasteiger partial charge in [-0.3, -0.25) is 19.9 Å². The molecule has 0 aliphatic rings. The normalized spacial score (nSPS) is 10.7. The van der Waals surface area contributed by atoms with Gasteiger partial charge in [-0.2, -0.15) is 0 Å². The first-order chi connectivity index (χ1) is 11.9. The van der Waals surface area contributed by atoms with Crippen LogP contribution in [0.3, 0.4) is 0 Å². The molecule has 2 aromatic rings. The number of hydrogen-bond acceptors (Lipinski definition) is 7. The fourth-order valence-electron chi connectivity index (χ4n) is 2.16.